The first-order valence-corrected chi connectivity index (χ1v) is 7.55. The van der Waals surface area contributed by atoms with Gasteiger partial charge in [-0.3, -0.25) is 0 Å². The van der Waals surface area contributed by atoms with Crippen molar-refractivity contribution >= 4 is 28.2 Å². The highest BCUT2D eigenvalue weighted by molar-refractivity contribution is 8.00. The maximum atomic E-state index is 5.87. The molecule has 0 bridgehead atoms. The monoisotopic (exact) mass is 257 g/mol. The van der Waals surface area contributed by atoms with Gasteiger partial charge in [-0.2, -0.15) is 11.8 Å². The summed E-state index contributed by atoms with van der Waals surface area (Å²) in [5.41, 5.74) is 5.87. The fourth-order valence-electron chi connectivity index (χ4n) is 1.82. The van der Waals surface area contributed by atoms with Crippen LogP contribution in [-0.4, -0.2) is 28.6 Å². The lowest BCUT2D eigenvalue weighted by molar-refractivity contribution is 0.626. The van der Waals surface area contributed by atoms with Crippen LogP contribution in [0.1, 0.15) is 31.7 Å². The average molecular weight is 257 g/mol. The van der Waals surface area contributed by atoms with Crippen LogP contribution in [0.15, 0.2) is 6.20 Å². The Morgan fingerprint density at radius 3 is 2.94 bits per heavy atom. The lowest BCUT2D eigenvalue weighted by Crippen LogP contribution is -2.44. The molecule has 3 atom stereocenters. The quantitative estimate of drug-likeness (QED) is 0.884. The van der Waals surface area contributed by atoms with E-state index in [0.29, 0.717) is 11.3 Å². The van der Waals surface area contributed by atoms with E-state index in [9.17, 15) is 0 Å². The van der Waals surface area contributed by atoms with E-state index in [2.05, 4.69) is 23.7 Å². The van der Waals surface area contributed by atoms with Gasteiger partial charge in [-0.15, -0.1) is 11.3 Å². The van der Waals surface area contributed by atoms with Gasteiger partial charge < -0.3 is 10.6 Å². The second kappa shape index (κ2) is 4.94. The van der Waals surface area contributed by atoms with Gasteiger partial charge >= 0.3 is 0 Å². The fraction of sp³-hybridized carbons (Fsp3) is 0.727. The molecule has 16 heavy (non-hydrogen) atoms. The number of nitrogens with two attached hydrogens (primary N) is 1. The first-order valence-electron chi connectivity index (χ1n) is 5.69. The molecule has 1 aromatic rings. The topological polar surface area (TPSA) is 42.1 Å². The number of hydrogen-bond acceptors (Lipinski definition) is 5. The van der Waals surface area contributed by atoms with Crippen LogP contribution < -0.4 is 10.6 Å². The van der Waals surface area contributed by atoms with E-state index >= 15 is 0 Å². The second-order valence-electron chi connectivity index (χ2n) is 4.34. The SMILES string of the molecule is CC(N)c1cnc(N2CCSC(C)C2C)s1. The molecule has 0 amide bonds. The molecule has 2 heterocycles. The van der Waals surface area contributed by atoms with Gasteiger partial charge in [-0.05, 0) is 13.8 Å². The molecule has 0 aliphatic carbocycles. The van der Waals surface area contributed by atoms with Gasteiger partial charge in [0.25, 0.3) is 0 Å². The molecule has 0 spiro atoms. The molecular weight excluding hydrogens is 238 g/mol. The van der Waals surface area contributed by atoms with E-state index in [1.165, 1.54) is 10.6 Å². The predicted octanol–water partition coefficient (Wildman–Crippen LogP) is 2.49. The largest absolute Gasteiger partial charge is 0.343 e. The van der Waals surface area contributed by atoms with Crippen LogP contribution in [0.3, 0.4) is 0 Å². The molecule has 2 N–H and O–H groups in total. The minimum Gasteiger partial charge on any atom is -0.343 e. The molecule has 90 valence electrons. The molecule has 1 fully saturated rings. The van der Waals surface area contributed by atoms with Crippen LogP contribution in [0.5, 0.6) is 0 Å². The maximum Gasteiger partial charge on any atom is 0.185 e. The Bertz CT molecular complexity index is 351. The van der Waals surface area contributed by atoms with Crippen molar-refractivity contribution in [3.8, 4) is 0 Å². The number of nitrogens with zero attached hydrogens (tertiary/aromatic N) is 2. The summed E-state index contributed by atoms with van der Waals surface area (Å²) < 4.78 is 0. The van der Waals surface area contributed by atoms with E-state index in [4.69, 9.17) is 5.73 Å². The summed E-state index contributed by atoms with van der Waals surface area (Å²) in [5.74, 6) is 1.19. The Morgan fingerprint density at radius 2 is 2.31 bits per heavy atom. The van der Waals surface area contributed by atoms with Crippen LogP contribution >= 0.6 is 23.1 Å². The fourth-order valence-corrected chi connectivity index (χ4v) is 3.91. The van der Waals surface area contributed by atoms with Crippen molar-refractivity contribution in [2.24, 2.45) is 5.73 Å². The Labute approximate surface area is 105 Å². The third kappa shape index (κ3) is 2.36. The molecule has 3 nitrogen and oxygen atoms in total. The predicted molar refractivity (Wildman–Crippen MR) is 73.4 cm³/mol. The van der Waals surface area contributed by atoms with E-state index < -0.39 is 0 Å². The normalized spacial score (nSPS) is 28.1. The van der Waals surface area contributed by atoms with Crippen LogP contribution in [-0.2, 0) is 0 Å². The van der Waals surface area contributed by atoms with Crippen LogP contribution in [0.25, 0.3) is 0 Å². The van der Waals surface area contributed by atoms with Crippen molar-refractivity contribution in [1.82, 2.24) is 4.98 Å². The van der Waals surface area contributed by atoms with Crippen molar-refractivity contribution in [3.05, 3.63) is 11.1 Å². The van der Waals surface area contributed by atoms with E-state index in [1.807, 2.05) is 24.9 Å². The summed E-state index contributed by atoms with van der Waals surface area (Å²) in [6.07, 6.45) is 1.92. The molecule has 1 aliphatic heterocycles. The third-order valence-corrected chi connectivity index (χ3v) is 5.66. The molecule has 0 aromatic carbocycles. The van der Waals surface area contributed by atoms with Crippen molar-refractivity contribution in [3.63, 3.8) is 0 Å². The minimum atomic E-state index is 0.0955. The number of rotatable bonds is 2. The zero-order chi connectivity index (χ0) is 11.7. The van der Waals surface area contributed by atoms with E-state index in [0.717, 1.165) is 11.7 Å². The van der Waals surface area contributed by atoms with Crippen LogP contribution in [0.2, 0.25) is 0 Å². The van der Waals surface area contributed by atoms with Gasteiger partial charge in [-0.1, -0.05) is 6.92 Å². The lowest BCUT2D eigenvalue weighted by atomic mass is 10.2. The Hall–Kier alpha value is -0.260. The van der Waals surface area contributed by atoms with Crippen molar-refractivity contribution in [2.75, 3.05) is 17.2 Å². The van der Waals surface area contributed by atoms with Gasteiger partial charge in [0.2, 0.25) is 0 Å². The van der Waals surface area contributed by atoms with E-state index in [-0.39, 0.29) is 6.04 Å². The van der Waals surface area contributed by atoms with Gasteiger partial charge in [0.15, 0.2) is 5.13 Å². The number of hydrogen-bond donors (Lipinski definition) is 1. The highest BCUT2D eigenvalue weighted by Crippen LogP contribution is 2.32. The molecule has 1 saturated heterocycles. The van der Waals surface area contributed by atoms with E-state index in [1.54, 1.807) is 11.3 Å². The smallest absolute Gasteiger partial charge is 0.185 e. The zero-order valence-corrected chi connectivity index (χ0v) is 11.6. The molecule has 3 unspecified atom stereocenters. The standard InChI is InChI=1S/C11H19N3S2/c1-7(12)10-6-13-11(16-10)14-4-5-15-9(3)8(14)2/h6-9H,4-5,12H2,1-3H3. The molecule has 0 saturated carbocycles. The van der Waals surface area contributed by atoms with Gasteiger partial charge in [0, 0.05) is 40.7 Å². The molecule has 1 aliphatic rings. The Kier molecular flexibility index (Phi) is 3.77. The molecule has 2 rings (SSSR count). The minimum absolute atomic E-state index is 0.0955. The maximum absolute atomic E-state index is 5.87. The summed E-state index contributed by atoms with van der Waals surface area (Å²) in [6, 6.07) is 0.656. The van der Waals surface area contributed by atoms with Gasteiger partial charge in [-0.25, -0.2) is 4.98 Å². The van der Waals surface area contributed by atoms with Crippen LogP contribution in [0.4, 0.5) is 5.13 Å². The molecule has 5 heteroatoms. The van der Waals surface area contributed by atoms with Crippen LogP contribution in [0, 0.1) is 0 Å². The average Bonchev–Trinajstić information content (AvgIpc) is 2.71. The molecular formula is C11H19N3S2. The Morgan fingerprint density at radius 1 is 1.56 bits per heavy atom. The summed E-state index contributed by atoms with van der Waals surface area (Å²) in [4.78, 5) is 8.09. The first kappa shape index (κ1) is 12.2. The van der Waals surface area contributed by atoms with Crippen molar-refractivity contribution in [2.45, 2.75) is 38.1 Å². The highest BCUT2D eigenvalue weighted by atomic mass is 32.2. The summed E-state index contributed by atoms with van der Waals surface area (Å²) in [5, 5.41) is 1.81. The zero-order valence-electron chi connectivity index (χ0n) is 10.0. The third-order valence-electron chi connectivity index (χ3n) is 3.09. The van der Waals surface area contributed by atoms with Gasteiger partial charge in [0.1, 0.15) is 0 Å². The molecule has 1 aromatic heterocycles. The molecule has 0 radical (unpaired) electrons. The summed E-state index contributed by atoms with van der Waals surface area (Å²) in [7, 11) is 0. The Balaban J connectivity index is 2.16. The lowest BCUT2D eigenvalue weighted by Gasteiger charge is -2.37. The first-order chi connectivity index (χ1) is 7.59. The van der Waals surface area contributed by atoms with Crippen molar-refractivity contribution < 1.29 is 0 Å². The second-order valence-corrected chi connectivity index (χ2v) is 6.87. The number of anilines is 1. The number of thiazole rings is 1. The highest BCUT2D eigenvalue weighted by Gasteiger charge is 2.27. The van der Waals surface area contributed by atoms with Crippen molar-refractivity contribution in [1.29, 1.82) is 0 Å². The number of aromatic nitrogens is 1. The number of thioether (sulfide) groups is 1. The summed E-state index contributed by atoms with van der Waals surface area (Å²) in [6.45, 7) is 7.68. The van der Waals surface area contributed by atoms with Gasteiger partial charge in [0.05, 0.1) is 0 Å². The summed E-state index contributed by atoms with van der Waals surface area (Å²) >= 11 is 3.78.